The number of hydrogen-bond acceptors (Lipinski definition) is 4. The second-order valence-corrected chi connectivity index (χ2v) is 4.46. The van der Waals surface area contributed by atoms with Crippen molar-refractivity contribution in [1.82, 2.24) is 10.1 Å². The van der Waals surface area contributed by atoms with Gasteiger partial charge in [-0.1, -0.05) is 12.1 Å². The first-order valence-corrected chi connectivity index (χ1v) is 5.44. The lowest BCUT2D eigenvalue weighted by atomic mass is 9.99. The zero-order valence-electron chi connectivity index (χ0n) is 9.71. The fourth-order valence-corrected chi connectivity index (χ4v) is 2.07. The van der Waals surface area contributed by atoms with Crippen LogP contribution in [0.15, 0.2) is 10.6 Å². The molecule has 1 aliphatic rings. The standard InChI is InChI=1S/C11H14N2O4/c1-6-4-13(5-8(6)11(15)16)10(14)9-3-7(2)12-17-9/h3,6,8H,4-5H2,1-2H3,(H,15,16). The van der Waals surface area contributed by atoms with Gasteiger partial charge in [0.2, 0.25) is 5.76 Å². The number of amides is 1. The highest BCUT2D eigenvalue weighted by Crippen LogP contribution is 2.24. The van der Waals surface area contributed by atoms with Crippen LogP contribution in [-0.4, -0.2) is 40.1 Å². The predicted molar refractivity (Wildman–Crippen MR) is 57.4 cm³/mol. The van der Waals surface area contributed by atoms with Crippen molar-refractivity contribution in [2.75, 3.05) is 13.1 Å². The van der Waals surface area contributed by atoms with Gasteiger partial charge in [0.05, 0.1) is 11.6 Å². The van der Waals surface area contributed by atoms with Crippen LogP contribution in [0.5, 0.6) is 0 Å². The van der Waals surface area contributed by atoms with E-state index in [2.05, 4.69) is 5.16 Å². The molecule has 0 bridgehead atoms. The Kier molecular flexibility index (Phi) is 2.87. The van der Waals surface area contributed by atoms with E-state index in [1.54, 1.807) is 13.0 Å². The van der Waals surface area contributed by atoms with E-state index in [0.29, 0.717) is 12.2 Å². The molecule has 0 saturated carbocycles. The molecule has 0 radical (unpaired) electrons. The number of carboxylic acid groups (broad SMARTS) is 1. The van der Waals surface area contributed by atoms with Crippen molar-refractivity contribution >= 4 is 11.9 Å². The van der Waals surface area contributed by atoms with Gasteiger partial charge in [-0.05, 0) is 12.8 Å². The Morgan fingerprint density at radius 1 is 1.53 bits per heavy atom. The summed E-state index contributed by atoms with van der Waals surface area (Å²) in [5, 5.41) is 12.6. The quantitative estimate of drug-likeness (QED) is 0.822. The number of carbonyl (C=O) groups is 2. The van der Waals surface area contributed by atoms with E-state index in [0.717, 1.165) is 0 Å². The average Bonchev–Trinajstić information content (AvgIpc) is 2.83. The minimum Gasteiger partial charge on any atom is -0.481 e. The number of nitrogens with zero attached hydrogens (tertiary/aromatic N) is 2. The van der Waals surface area contributed by atoms with Gasteiger partial charge in [0.25, 0.3) is 5.91 Å². The van der Waals surface area contributed by atoms with Crippen LogP contribution in [0.4, 0.5) is 0 Å². The molecule has 0 aliphatic carbocycles. The van der Waals surface area contributed by atoms with E-state index in [1.807, 2.05) is 6.92 Å². The van der Waals surface area contributed by atoms with E-state index in [1.165, 1.54) is 4.90 Å². The number of hydrogen-bond donors (Lipinski definition) is 1. The second kappa shape index (κ2) is 4.20. The van der Waals surface area contributed by atoms with Crippen LogP contribution in [-0.2, 0) is 4.79 Å². The molecular weight excluding hydrogens is 224 g/mol. The van der Waals surface area contributed by atoms with Crippen molar-refractivity contribution in [3.8, 4) is 0 Å². The summed E-state index contributed by atoms with van der Waals surface area (Å²) in [5.41, 5.74) is 0.635. The second-order valence-electron chi connectivity index (χ2n) is 4.46. The van der Waals surface area contributed by atoms with Crippen LogP contribution in [0.2, 0.25) is 0 Å². The van der Waals surface area contributed by atoms with Crippen molar-refractivity contribution in [3.63, 3.8) is 0 Å². The number of aliphatic carboxylic acids is 1. The van der Waals surface area contributed by atoms with E-state index in [9.17, 15) is 9.59 Å². The van der Waals surface area contributed by atoms with Gasteiger partial charge in [0.1, 0.15) is 0 Å². The fourth-order valence-electron chi connectivity index (χ4n) is 2.07. The molecule has 2 atom stereocenters. The van der Waals surface area contributed by atoms with E-state index < -0.39 is 11.9 Å². The summed E-state index contributed by atoms with van der Waals surface area (Å²) in [6.07, 6.45) is 0. The number of carbonyl (C=O) groups excluding carboxylic acids is 1. The fraction of sp³-hybridized carbons (Fsp3) is 0.545. The molecule has 2 rings (SSSR count). The topological polar surface area (TPSA) is 83.6 Å². The Morgan fingerprint density at radius 2 is 2.24 bits per heavy atom. The normalized spacial score (nSPS) is 24.0. The molecule has 6 heteroatoms. The molecule has 1 N–H and O–H groups in total. The lowest BCUT2D eigenvalue weighted by molar-refractivity contribution is -0.142. The van der Waals surface area contributed by atoms with Crippen molar-refractivity contribution in [2.24, 2.45) is 11.8 Å². The van der Waals surface area contributed by atoms with Gasteiger partial charge in [0, 0.05) is 19.2 Å². The first kappa shape index (κ1) is 11.6. The molecule has 1 saturated heterocycles. The van der Waals surface area contributed by atoms with E-state index in [-0.39, 0.29) is 24.1 Å². The smallest absolute Gasteiger partial charge is 0.308 e. The SMILES string of the molecule is Cc1cc(C(=O)N2CC(C)C(C(=O)O)C2)on1. The molecule has 0 spiro atoms. The number of rotatable bonds is 2. The highest BCUT2D eigenvalue weighted by Gasteiger charge is 2.38. The van der Waals surface area contributed by atoms with Crippen molar-refractivity contribution in [3.05, 3.63) is 17.5 Å². The van der Waals surface area contributed by atoms with Gasteiger partial charge in [-0.2, -0.15) is 0 Å². The molecule has 2 unspecified atom stereocenters. The number of aromatic nitrogens is 1. The first-order chi connectivity index (χ1) is 7.99. The van der Waals surface area contributed by atoms with Gasteiger partial charge in [0.15, 0.2) is 0 Å². The van der Waals surface area contributed by atoms with Gasteiger partial charge in [-0.25, -0.2) is 0 Å². The van der Waals surface area contributed by atoms with Crippen LogP contribution in [0.25, 0.3) is 0 Å². The van der Waals surface area contributed by atoms with Crippen LogP contribution in [0, 0.1) is 18.8 Å². The molecule has 0 aromatic carbocycles. The molecular formula is C11H14N2O4. The molecule has 2 heterocycles. The maximum absolute atomic E-state index is 12.0. The average molecular weight is 238 g/mol. The molecule has 1 fully saturated rings. The van der Waals surface area contributed by atoms with Crippen molar-refractivity contribution < 1.29 is 19.2 Å². The predicted octanol–water partition coefficient (Wildman–Crippen LogP) is 0.776. The Bertz CT molecular complexity index is 454. The van der Waals surface area contributed by atoms with E-state index in [4.69, 9.17) is 9.63 Å². The summed E-state index contributed by atoms with van der Waals surface area (Å²) >= 11 is 0. The number of carboxylic acids is 1. The molecule has 17 heavy (non-hydrogen) atoms. The Labute approximate surface area is 98.2 Å². The van der Waals surface area contributed by atoms with Crippen LogP contribution in [0.1, 0.15) is 23.2 Å². The van der Waals surface area contributed by atoms with Gasteiger partial charge in [-0.3, -0.25) is 9.59 Å². The summed E-state index contributed by atoms with van der Waals surface area (Å²) in [6.45, 7) is 4.23. The molecule has 1 aromatic heterocycles. The van der Waals surface area contributed by atoms with E-state index >= 15 is 0 Å². The monoisotopic (exact) mass is 238 g/mol. The first-order valence-electron chi connectivity index (χ1n) is 5.44. The van der Waals surface area contributed by atoms with Crippen molar-refractivity contribution in [1.29, 1.82) is 0 Å². The lowest BCUT2D eigenvalue weighted by Gasteiger charge is -2.13. The van der Waals surface area contributed by atoms with Gasteiger partial charge >= 0.3 is 5.97 Å². The Balaban J connectivity index is 2.10. The lowest BCUT2D eigenvalue weighted by Crippen LogP contribution is -2.29. The zero-order valence-corrected chi connectivity index (χ0v) is 9.71. The minimum absolute atomic E-state index is 0.0412. The molecule has 92 valence electrons. The van der Waals surface area contributed by atoms with Crippen molar-refractivity contribution in [2.45, 2.75) is 13.8 Å². The Hall–Kier alpha value is -1.85. The Morgan fingerprint density at radius 3 is 2.71 bits per heavy atom. The van der Waals surface area contributed by atoms with Gasteiger partial charge < -0.3 is 14.5 Å². The summed E-state index contributed by atoms with van der Waals surface area (Å²) in [6, 6.07) is 1.56. The third-order valence-electron chi connectivity index (χ3n) is 3.06. The summed E-state index contributed by atoms with van der Waals surface area (Å²) in [5.74, 6) is -1.52. The highest BCUT2D eigenvalue weighted by molar-refractivity contribution is 5.92. The van der Waals surface area contributed by atoms with Gasteiger partial charge in [-0.15, -0.1) is 0 Å². The molecule has 1 aliphatic heterocycles. The summed E-state index contributed by atoms with van der Waals surface area (Å²) < 4.78 is 4.88. The third kappa shape index (κ3) is 2.15. The molecule has 6 nitrogen and oxygen atoms in total. The highest BCUT2D eigenvalue weighted by atomic mass is 16.5. The summed E-state index contributed by atoms with van der Waals surface area (Å²) in [7, 11) is 0. The molecule has 1 aromatic rings. The van der Waals surface area contributed by atoms with Crippen LogP contribution < -0.4 is 0 Å². The third-order valence-corrected chi connectivity index (χ3v) is 3.06. The minimum atomic E-state index is -0.860. The maximum Gasteiger partial charge on any atom is 0.308 e. The van der Waals surface area contributed by atoms with Crippen LogP contribution >= 0.6 is 0 Å². The largest absolute Gasteiger partial charge is 0.481 e. The zero-order chi connectivity index (χ0) is 12.6. The maximum atomic E-state index is 12.0. The number of likely N-dealkylation sites (tertiary alicyclic amines) is 1. The summed E-state index contributed by atoms with van der Waals surface area (Å²) in [4.78, 5) is 24.4. The number of aryl methyl sites for hydroxylation is 1. The van der Waals surface area contributed by atoms with Crippen LogP contribution in [0.3, 0.4) is 0 Å². The molecule has 1 amide bonds.